The second kappa shape index (κ2) is 5.16. The zero-order chi connectivity index (χ0) is 13.1. The van der Waals surface area contributed by atoms with Crippen LogP contribution in [-0.2, 0) is 11.3 Å². The Balaban J connectivity index is 1.93. The highest BCUT2D eigenvalue weighted by atomic mass is 16.4. The van der Waals surface area contributed by atoms with E-state index in [1.807, 2.05) is 6.92 Å². The van der Waals surface area contributed by atoms with Crippen molar-refractivity contribution in [1.29, 1.82) is 0 Å². The quantitative estimate of drug-likeness (QED) is 0.783. The van der Waals surface area contributed by atoms with E-state index >= 15 is 0 Å². The van der Waals surface area contributed by atoms with Gasteiger partial charge in [-0.25, -0.2) is 9.48 Å². The second-order valence-electron chi connectivity index (χ2n) is 4.48. The lowest BCUT2D eigenvalue weighted by Gasteiger charge is -2.20. The molecule has 1 amide bonds. The third-order valence-corrected chi connectivity index (χ3v) is 2.96. The highest BCUT2D eigenvalue weighted by Gasteiger charge is 2.26. The first kappa shape index (κ1) is 12.5. The molecule has 0 aromatic carbocycles. The Labute approximate surface area is 104 Å². The molecular formula is C11H16N4O3. The van der Waals surface area contributed by atoms with Gasteiger partial charge in [-0.3, -0.25) is 4.79 Å². The van der Waals surface area contributed by atoms with Gasteiger partial charge in [0.1, 0.15) is 6.54 Å². The maximum Gasteiger partial charge on any atom is 0.358 e. The monoisotopic (exact) mass is 252 g/mol. The molecule has 1 saturated carbocycles. The number of aromatic carboxylic acids is 1. The smallest absolute Gasteiger partial charge is 0.358 e. The van der Waals surface area contributed by atoms with Crippen LogP contribution in [0.4, 0.5) is 0 Å². The van der Waals surface area contributed by atoms with Crippen molar-refractivity contribution in [3.8, 4) is 0 Å². The summed E-state index contributed by atoms with van der Waals surface area (Å²) in [7, 11) is 0. The SMILES string of the molecule is CCN(CC1CC1)C(=O)Cn1cc(C(=O)O)nn1. The van der Waals surface area contributed by atoms with Crippen molar-refractivity contribution >= 4 is 11.9 Å². The van der Waals surface area contributed by atoms with Crippen LogP contribution < -0.4 is 0 Å². The van der Waals surface area contributed by atoms with Gasteiger partial charge in [-0.15, -0.1) is 5.10 Å². The molecular weight excluding hydrogens is 236 g/mol. The highest BCUT2D eigenvalue weighted by Crippen LogP contribution is 2.29. The summed E-state index contributed by atoms with van der Waals surface area (Å²) in [5, 5.41) is 15.8. The summed E-state index contributed by atoms with van der Waals surface area (Å²) < 4.78 is 1.27. The average molecular weight is 252 g/mol. The van der Waals surface area contributed by atoms with Gasteiger partial charge in [-0.05, 0) is 25.7 Å². The Bertz CT molecular complexity index is 453. The summed E-state index contributed by atoms with van der Waals surface area (Å²) in [5.41, 5.74) is -0.145. The van der Waals surface area contributed by atoms with Gasteiger partial charge in [0, 0.05) is 13.1 Å². The van der Waals surface area contributed by atoms with Crippen molar-refractivity contribution in [1.82, 2.24) is 19.9 Å². The Kier molecular flexibility index (Phi) is 3.59. The standard InChI is InChI=1S/C11H16N4O3/c1-2-14(5-8-3-4-8)10(16)7-15-6-9(11(17)18)12-13-15/h6,8H,2-5,7H2,1H3,(H,17,18). The van der Waals surface area contributed by atoms with Crippen molar-refractivity contribution in [3.05, 3.63) is 11.9 Å². The van der Waals surface area contributed by atoms with Gasteiger partial charge in [-0.1, -0.05) is 5.21 Å². The van der Waals surface area contributed by atoms with E-state index in [4.69, 9.17) is 5.11 Å². The van der Waals surface area contributed by atoms with Crippen LogP contribution in [-0.4, -0.2) is 50.0 Å². The number of rotatable bonds is 6. The predicted octanol–water partition coefficient (Wildman–Crippen LogP) is 0.235. The first-order valence-electron chi connectivity index (χ1n) is 6.01. The molecule has 1 aromatic rings. The van der Waals surface area contributed by atoms with E-state index in [1.165, 1.54) is 23.7 Å². The van der Waals surface area contributed by atoms with E-state index in [-0.39, 0.29) is 18.1 Å². The number of aromatic nitrogens is 3. The Morgan fingerprint density at radius 3 is 2.78 bits per heavy atom. The Hall–Kier alpha value is -1.92. The molecule has 18 heavy (non-hydrogen) atoms. The van der Waals surface area contributed by atoms with Crippen molar-refractivity contribution in [2.75, 3.05) is 13.1 Å². The fourth-order valence-corrected chi connectivity index (χ4v) is 1.73. The fourth-order valence-electron chi connectivity index (χ4n) is 1.73. The number of hydrogen-bond acceptors (Lipinski definition) is 4. The summed E-state index contributed by atoms with van der Waals surface area (Å²) in [6.45, 7) is 3.43. The lowest BCUT2D eigenvalue weighted by Crippen LogP contribution is -2.35. The predicted molar refractivity (Wildman–Crippen MR) is 62.0 cm³/mol. The Morgan fingerprint density at radius 2 is 2.28 bits per heavy atom. The number of carboxylic acid groups (broad SMARTS) is 1. The minimum Gasteiger partial charge on any atom is -0.476 e. The van der Waals surface area contributed by atoms with Crippen LogP contribution in [0.25, 0.3) is 0 Å². The number of carbonyl (C=O) groups is 2. The zero-order valence-electron chi connectivity index (χ0n) is 10.2. The summed E-state index contributed by atoms with van der Waals surface area (Å²) >= 11 is 0. The number of likely N-dealkylation sites (N-methyl/N-ethyl adjacent to an activating group) is 1. The maximum absolute atomic E-state index is 12.0. The van der Waals surface area contributed by atoms with Gasteiger partial charge < -0.3 is 10.0 Å². The van der Waals surface area contributed by atoms with E-state index in [9.17, 15) is 9.59 Å². The number of nitrogens with zero attached hydrogens (tertiary/aromatic N) is 4. The summed E-state index contributed by atoms with van der Waals surface area (Å²) in [6, 6.07) is 0. The number of hydrogen-bond donors (Lipinski definition) is 1. The van der Waals surface area contributed by atoms with Gasteiger partial charge in [0.25, 0.3) is 0 Å². The second-order valence-corrected chi connectivity index (χ2v) is 4.48. The molecule has 2 rings (SSSR count). The maximum atomic E-state index is 12.0. The van der Waals surface area contributed by atoms with Crippen LogP contribution in [0, 0.1) is 5.92 Å². The van der Waals surface area contributed by atoms with Crippen molar-refractivity contribution in [3.63, 3.8) is 0 Å². The molecule has 0 atom stereocenters. The normalized spacial score (nSPS) is 14.5. The molecule has 1 fully saturated rings. The molecule has 1 aliphatic rings. The molecule has 1 N–H and O–H groups in total. The first-order chi connectivity index (χ1) is 8.60. The van der Waals surface area contributed by atoms with Crippen LogP contribution in [0.15, 0.2) is 6.20 Å². The molecule has 1 aromatic heterocycles. The zero-order valence-corrected chi connectivity index (χ0v) is 10.2. The van der Waals surface area contributed by atoms with Crippen LogP contribution >= 0.6 is 0 Å². The van der Waals surface area contributed by atoms with E-state index in [2.05, 4.69) is 10.3 Å². The number of amides is 1. The molecule has 7 heteroatoms. The molecule has 0 spiro atoms. The molecule has 0 saturated heterocycles. The molecule has 1 heterocycles. The minimum absolute atomic E-state index is 0.0425. The van der Waals surface area contributed by atoms with E-state index in [1.54, 1.807) is 4.90 Å². The van der Waals surface area contributed by atoms with Gasteiger partial charge >= 0.3 is 5.97 Å². The topological polar surface area (TPSA) is 88.3 Å². The Morgan fingerprint density at radius 1 is 1.56 bits per heavy atom. The van der Waals surface area contributed by atoms with Crippen LogP contribution in [0.5, 0.6) is 0 Å². The van der Waals surface area contributed by atoms with Crippen LogP contribution in [0.3, 0.4) is 0 Å². The summed E-state index contributed by atoms with van der Waals surface area (Å²) in [6.07, 6.45) is 3.65. The molecule has 0 aliphatic heterocycles. The third-order valence-electron chi connectivity index (χ3n) is 2.96. The van der Waals surface area contributed by atoms with Crippen LogP contribution in [0.2, 0.25) is 0 Å². The highest BCUT2D eigenvalue weighted by molar-refractivity contribution is 5.84. The van der Waals surface area contributed by atoms with Gasteiger partial charge in [-0.2, -0.15) is 0 Å². The summed E-state index contributed by atoms with van der Waals surface area (Å²) in [4.78, 5) is 24.4. The van der Waals surface area contributed by atoms with Crippen molar-refractivity contribution in [2.24, 2.45) is 5.92 Å². The van der Waals surface area contributed by atoms with Crippen LogP contribution in [0.1, 0.15) is 30.3 Å². The van der Waals surface area contributed by atoms with Gasteiger partial charge in [0.2, 0.25) is 5.91 Å². The lowest BCUT2D eigenvalue weighted by molar-refractivity contribution is -0.132. The molecule has 7 nitrogen and oxygen atoms in total. The molecule has 1 aliphatic carbocycles. The molecule has 0 radical (unpaired) electrons. The van der Waals surface area contributed by atoms with Gasteiger partial charge in [0.05, 0.1) is 6.20 Å². The fraction of sp³-hybridized carbons (Fsp3) is 0.636. The minimum atomic E-state index is -1.14. The van der Waals surface area contributed by atoms with Crippen molar-refractivity contribution < 1.29 is 14.7 Å². The van der Waals surface area contributed by atoms with Crippen molar-refractivity contribution in [2.45, 2.75) is 26.3 Å². The first-order valence-corrected chi connectivity index (χ1v) is 6.01. The van der Waals surface area contributed by atoms with E-state index in [0.29, 0.717) is 12.5 Å². The average Bonchev–Trinajstić information content (AvgIpc) is 3.03. The lowest BCUT2D eigenvalue weighted by atomic mass is 10.3. The summed E-state index contributed by atoms with van der Waals surface area (Å²) in [5.74, 6) is -0.551. The van der Waals surface area contributed by atoms with Gasteiger partial charge in [0.15, 0.2) is 5.69 Å². The number of carboxylic acids is 1. The molecule has 0 unspecified atom stereocenters. The third kappa shape index (κ3) is 3.06. The molecule has 0 bridgehead atoms. The number of carbonyl (C=O) groups excluding carboxylic acids is 1. The molecule has 98 valence electrons. The van der Waals surface area contributed by atoms with E-state index in [0.717, 1.165) is 6.54 Å². The van der Waals surface area contributed by atoms with E-state index < -0.39 is 5.97 Å². The largest absolute Gasteiger partial charge is 0.476 e.